The van der Waals surface area contributed by atoms with E-state index in [0.29, 0.717) is 6.54 Å². The highest BCUT2D eigenvalue weighted by Crippen LogP contribution is 2.36. The van der Waals surface area contributed by atoms with Crippen molar-refractivity contribution in [1.82, 2.24) is 9.97 Å². The Balaban J connectivity index is 1.91. The van der Waals surface area contributed by atoms with Crippen LogP contribution in [0.2, 0.25) is 0 Å². The van der Waals surface area contributed by atoms with Crippen LogP contribution in [-0.4, -0.2) is 25.4 Å². The zero-order chi connectivity index (χ0) is 16.9. The lowest BCUT2D eigenvalue weighted by Crippen LogP contribution is -2.20. The number of sulfonamides is 1. The van der Waals surface area contributed by atoms with Gasteiger partial charge in [0.15, 0.2) is 0 Å². The van der Waals surface area contributed by atoms with E-state index in [0.717, 1.165) is 39.0 Å². The van der Waals surface area contributed by atoms with Crippen LogP contribution in [0.15, 0.2) is 42.7 Å². The quantitative estimate of drug-likeness (QED) is 0.771. The molecule has 0 amide bonds. The van der Waals surface area contributed by atoms with Gasteiger partial charge in [-0.3, -0.25) is 14.3 Å². The first kappa shape index (κ1) is 15.0. The molecule has 0 fully saturated rings. The summed E-state index contributed by atoms with van der Waals surface area (Å²) in [6, 6.07) is 9.48. The van der Waals surface area contributed by atoms with Crippen molar-refractivity contribution in [2.45, 2.75) is 12.3 Å². The third-order valence-electron chi connectivity index (χ3n) is 4.35. The summed E-state index contributed by atoms with van der Waals surface area (Å²) in [5.41, 5.74) is 10.6. The first-order valence-corrected chi connectivity index (χ1v) is 9.14. The maximum absolute atomic E-state index is 12.0. The maximum Gasteiger partial charge on any atom is 0.239 e. The fourth-order valence-corrected chi connectivity index (χ4v) is 4.32. The minimum absolute atomic E-state index is 0.0202. The number of pyridine rings is 2. The van der Waals surface area contributed by atoms with Gasteiger partial charge in [0, 0.05) is 36.9 Å². The molecule has 6 nitrogen and oxygen atoms in total. The summed E-state index contributed by atoms with van der Waals surface area (Å²) in [5.74, 6) is 0.0202. The van der Waals surface area contributed by atoms with E-state index in [9.17, 15) is 8.42 Å². The van der Waals surface area contributed by atoms with Crippen LogP contribution < -0.4 is 10.0 Å². The second kappa shape index (κ2) is 5.25. The molecule has 2 N–H and O–H groups in total. The molecule has 0 unspecified atom stereocenters. The summed E-state index contributed by atoms with van der Waals surface area (Å²) in [6.45, 7) is 0.366. The molecule has 24 heavy (non-hydrogen) atoms. The predicted molar refractivity (Wildman–Crippen MR) is 93.9 cm³/mol. The Bertz CT molecular complexity index is 1060. The number of aromatic nitrogens is 2. The maximum atomic E-state index is 12.0. The lowest BCUT2D eigenvalue weighted by atomic mass is 10.0. The van der Waals surface area contributed by atoms with Crippen LogP contribution in [0.3, 0.4) is 0 Å². The Morgan fingerprint density at radius 3 is 2.83 bits per heavy atom. The topological polar surface area (TPSA) is 89.2 Å². The second-order valence-electron chi connectivity index (χ2n) is 5.83. The standard InChI is InChI=1S/C17H16N4O2S/c1-21-16-5-3-11(6-13(16)10-24(21,22)23)15-9-19-8-12-2-4-14(7-18)20-17(12)15/h2-6,8-9H,7,10,18H2,1H3. The number of hydrogen-bond donors (Lipinski definition) is 1. The Morgan fingerprint density at radius 2 is 2.04 bits per heavy atom. The fourth-order valence-electron chi connectivity index (χ4n) is 3.03. The van der Waals surface area contributed by atoms with Gasteiger partial charge in [-0.1, -0.05) is 6.07 Å². The predicted octanol–water partition coefficient (Wildman–Crippen LogP) is 2.04. The molecule has 0 saturated heterocycles. The van der Waals surface area contributed by atoms with Gasteiger partial charge in [0.05, 0.1) is 22.7 Å². The van der Waals surface area contributed by atoms with Crippen LogP contribution in [0.4, 0.5) is 5.69 Å². The molecule has 122 valence electrons. The van der Waals surface area contributed by atoms with Crippen molar-refractivity contribution in [3.05, 3.63) is 54.0 Å². The largest absolute Gasteiger partial charge is 0.325 e. The van der Waals surface area contributed by atoms with Gasteiger partial charge in [-0.25, -0.2) is 8.42 Å². The molecule has 7 heteroatoms. The highest BCUT2D eigenvalue weighted by atomic mass is 32.2. The molecule has 0 spiro atoms. The van der Waals surface area contributed by atoms with E-state index < -0.39 is 10.0 Å². The van der Waals surface area contributed by atoms with Gasteiger partial charge >= 0.3 is 0 Å². The van der Waals surface area contributed by atoms with Crippen molar-refractivity contribution >= 4 is 26.6 Å². The molecule has 0 bridgehead atoms. The zero-order valence-corrected chi connectivity index (χ0v) is 13.9. The summed E-state index contributed by atoms with van der Waals surface area (Å²) in [5, 5.41) is 0.926. The molecular formula is C17H16N4O2S. The highest BCUT2D eigenvalue weighted by Gasteiger charge is 2.30. The number of nitrogens with zero attached hydrogens (tertiary/aromatic N) is 3. The van der Waals surface area contributed by atoms with Crippen molar-refractivity contribution in [3.63, 3.8) is 0 Å². The van der Waals surface area contributed by atoms with E-state index in [1.807, 2.05) is 30.3 Å². The number of benzene rings is 1. The lowest BCUT2D eigenvalue weighted by Gasteiger charge is -2.12. The molecule has 4 rings (SSSR count). The molecule has 0 atom stereocenters. The zero-order valence-electron chi connectivity index (χ0n) is 13.1. The van der Waals surface area contributed by atoms with E-state index in [-0.39, 0.29) is 5.75 Å². The molecule has 1 aliphatic heterocycles. The van der Waals surface area contributed by atoms with Gasteiger partial charge in [0.2, 0.25) is 10.0 Å². The average molecular weight is 340 g/mol. The molecule has 0 saturated carbocycles. The van der Waals surface area contributed by atoms with E-state index in [1.165, 1.54) is 4.31 Å². The molecule has 0 aliphatic carbocycles. The smallest absolute Gasteiger partial charge is 0.239 e. The van der Waals surface area contributed by atoms with E-state index in [4.69, 9.17) is 5.73 Å². The van der Waals surface area contributed by atoms with E-state index in [1.54, 1.807) is 19.4 Å². The molecule has 3 aromatic rings. The summed E-state index contributed by atoms with van der Waals surface area (Å²) in [4.78, 5) is 8.90. The molecule has 1 aliphatic rings. The minimum atomic E-state index is -3.25. The number of nitrogens with two attached hydrogens (primary N) is 1. The summed E-state index contributed by atoms with van der Waals surface area (Å²) < 4.78 is 25.4. The van der Waals surface area contributed by atoms with Crippen LogP contribution in [0.1, 0.15) is 11.3 Å². The van der Waals surface area contributed by atoms with Crippen LogP contribution in [0.25, 0.3) is 22.0 Å². The number of anilines is 1. The third kappa shape index (κ3) is 2.24. The van der Waals surface area contributed by atoms with Gasteiger partial charge < -0.3 is 5.73 Å². The Kier molecular flexibility index (Phi) is 3.29. The van der Waals surface area contributed by atoms with Crippen molar-refractivity contribution in [1.29, 1.82) is 0 Å². The van der Waals surface area contributed by atoms with Crippen LogP contribution in [0, 0.1) is 0 Å². The van der Waals surface area contributed by atoms with Crippen LogP contribution in [0.5, 0.6) is 0 Å². The normalized spacial score (nSPS) is 15.7. The van der Waals surface area contributed by atoms with Crippen LogP contribution >= 0.6 is 0 Å². The number of hydrogen-bond acceptors (Lipinski definition) is 5. The average Bonchev–Trinajstić information content (AvgIpc) is 2.82. The van der Waals surface area contributed by atoms with Gasteiger partial charge in [-0.15, -0.1) is 0 Å². The summed E-state index contributed by atoms with van der Waals surface area (Å²) in [6.07, 6.45) is 3.52. The van der Waals surface area contributed by atoms with Crippen molar-refractivity contribution in [2.24, 2.45) is 5.73 Å². The van der Waals surface area contributed by atoms with Crippen molar-refractivity contribution < 1.29 is 8.42 Å². The first-order chi connectivity index (χ1) is 11.5. The van der Waals surface area contributed by atoms with Gasteiger partial charge in [0.1, 0.15) is 0 Å². The Morgan fingerprint density at radius 1 is 1.21 bits per heavy atom. The third-order valence-corrected chi connectivity index (χ3v) is 6.06. The SMILES string of the molecule is CN1c2ccc(-c3cncc4ccc(CN)nc34)cc2CS1(=O)=O. The van der Waals surface area contributed by atoms with Crippen molar-refractivity contribution in [2.75, 3.05) is 11.4 Å². The highest BCUT2D eigenvalue weighted by molar-refractivity contribution is 7.92. The van der Waals surface area contributed by atoms with Crippen LogP contribution in [-0.2, 0) is 22.3 Å². The fraction of sp³-hybridized carbons (Fsp3) is 0.176. The number of rotatable bonds is 2. The monoisotopic (exact) mass is 340 g/mol. The molecular weight excluding hydrogens is 324 g/mol. The molecule has 3 heterocycles. The summed E-state index contributed by atoms with van der Waals surface area (Å²) >= 11 is 0. The first-order valence-electron chi connectivity index (χ1n) is 7.53. The summed E-state index contributed by atoms with van der Waals surface area (Å²) in [7, 11) is -1.67. The molecule has 2 aromatic heterocycles. The van der Waals surface area contributed by atoms with E-state index in [2.05, 4.69) is 9.97 Å². The number of fused-ring (bicyclic) bond motifs is 2. The van der Waals surface area contributed by atoms with E-state index >= 15 is 0 Å². The lowest BCUT2D eigenvalue weighted by molar-refractivity contribution is 0.596. The van der Waals surface area contributed by atoms with Gasteiger partial charge in [0.25, 0.3) is 0 Å². The molecule has 0 radical (unpaired) electrons. The molecule has 1 aromatic carbocycles. The second-order valence-corrected chi connectivity index (χ2v) is 7.83. The Labute approximate surface area is 140 Å². The Hall–Kier alpha value is -2.51. The van der Waals surface area contributed by atoms with Gasteiger partial charge in [-0.05, 0) is 35.4 Å². The van der Waals surface area contributed by atoms with Gasteiger partial charge in [-0.2, -0.15) is 0 Å². The minimum Gasteiger partial charge on any atom is -0.325 e. The van der Waals surface area contributed by atoms with Crippen molar-refractivity contribution in [3.8, 4) is 11.1 Å².